The van der Waals surface area contributed by atoms with Crippen molar-refractivity contribution in [1.82, 2.24) is 4.98 Å². The van der Waals surface area contributed by atoms with Crippen LogP contribution in [0.4, 0.5) is 0 Å². The van der Waals surface area contributed by atoms with Crippen LogP contribution in [0.3, 0.4) is 0 Å². The van der Waals surface area contributed by atoms with Crippen molar-refractivity contribution in [3.8, 4) is 34.4 Å². The number of benzene rings is 2. The van der Waals surface area contributed by atoms with Crippen LogP contribution in [0.2, 0.25) is 5.02 Å². The summed E-state index contributed by atoms with van der Waals surface area (Å²) in [6.07, 6.45) is 0. The first-order chi connectivity index (χ1) is 12.6. The third kappa shape index (κ3) is 2.63. The number of halogens is 1. The largest absolute Gasteiger partial charge is 0.507 e. The Morgan fingerprint density at radius 1 is 1.08 bits per heavy atom. The van der Waals surface area contributed by atoms with Crippen molar-refractivity contribution in [3.63, 3.8) is 0 Å². The van der Waals surface area contributed by atoms with Crippen LogP contribution in [0.15, 0.2) is 63.8 Å². The van der Waals surface area contributed by atoms with Gasteiger partial charge in [0.05, 0.1) is 5.69 Å². The second kappa shape index (κ2) is 6.10. The van der Waals surface area contributed by atoms with E-state index in [4.69, 9.17) is 16.0 Å². The maximum atomic E-state index is 12.4. The topological polar surface area (TPSA) is 90.0 Å². The number of aromatic amines is 1. The molecule has 0 spiro atoms. The summed E-state index contributed by atoms with van der Waals surface area (Å²) >= 11 is 6.00. The zero-order valence-corrected chi connectivity index (χ0v) is 14.0. The Bertz CT molecular complexity index is 1220. The molecule has 0 aliphatic heterocycles. The molecule has 0 radical (unpaired) electrons. The molecule has 126 valence electrons. The maximum absolute atomic E-state index is 12.4. The number of hydrogen-bond donors (Lipinski definition) is 2. The second-order valence-electron chi connectivity index (χ2n) is 5.72. The molecular weight excluding hydrogens is 352 g/mol. The number of fused-ring (bicyclic) bond motifs is 1. The summed E-state index contributed by atoms with van der Waals surface area (Å²) in [7, 11) is 0. The van der Waals surface area contributed by atoms with Crippen LogP contribution in [0.25, 0.3) is 33.6 Å². The molecule has 0 fully saturated rings. The van der Waals surface area contributed by atoms with Gasteiger partial charge in [-0.2, -0.15) is 5.26 Å². The standard InChI is InChI=1S/C20H11ClN2O3/c21-12-5-6-17(24)14(8-12)16-9-13(15(10-22)20(25)23-16)19-7-11-3-1-2-4-18(11)26-19/h1-9,24H,(H,23,25). The van der Waals surface area contributed by atoms with E-state index in [1.807, 2.05) is 30.3 Å². The van der Waals surface area contributed by atoms with Crippen molar-refractivity contribution in [1.29, 1.82) is 5.26 Å². The molecule has 5 nitrogen and oxygen atoms in total. The number of phenolic OH excluding ortho intramolecular Hbond substituents is 1. The van der Waals surface area contributed by atoms with Crippen LogP contribution in [0, 0.1) is 11.3 Å². The molecule has 4 rings (SSSR count). The van der Waals surface area contributed by atoms with Gasteiger partial charge in [-0.05, 0) is 36.4 Å². The molecule has 0 saturated carbocycles. The normalized spacial score (nSPS) is 10.8. The number of rotatable bonds is 2. The lowest BCUT2D eigenvalue weighted by Gasteiger charge is -2.08. The summed E-state index contributed by atoms with van der Waals surface area (Å²) in [5.41, 5.74) is 1.07. The van der Waals surface area contributed by atoms with Crippen molar-refractivity contribution in [3.05, 3.63) is 75.5 Å². The molecule has 0 bridgehead atoms. The van der Waals surface area contributed by atoms with E-state index in [9.17, 15) is 15.2 Å². The minimum absolute atomic E-state index is 0.0367. The summed E-state index contributed by atoms with van der Waals surface area (Å²) in [6, 6.07) is 17.2. The first-order valence-corrected chi connectivity index (χ1v) is 8.10. The zero-order valence-electron chi connectivity index (χ0n) is 13.3. The van der Waals surface area contributed by atoms with E-state index in [2.05, 4.69) is 4.98 Å². The Hall–Kier alpha value is -3.49. The van der Waals surface area contributed by atoms with E-state index in [-0.39, 0.29) is 11.3 Å². The van der Waals surface area contributed by atoms with Crippen LogP contribution in [0.5, 0.6) is 5.75 Å². The number of H-pyrrole nitrogens is 1. The van der Waals surface area contributed by atoms with E-state index in [1.165, 1.54) is 12.1 Å². The van der Waals surface area contributed by atoms with Gasteiger partial charge in [0.2, 0.25) is 0 Å². The molecule has 0 aliphatic carbocycles. The van der Waals surface area contributed by atoms with Crippen LogP contribution < -0.4 is 5.56 Å². The summed E-state index contributed by atoms with van der Waals surface area (Å²) in [5.74, 6) is 0.363. The van der Waals surface area contributed by atoms with Crippen LogP contribution in [0.1, 0.15) is 5.56 Å². The molecule has 26 heavy (non-hydrogen) atoms. The molecule has 0 saturated heterocycles. The number of para-hydroxylation sites is 1. The van der Waals surface area contributed by atoms with E-state index in [0.717, 1.165) is 5.39 Å². The fourth-order valence-corrected chi connectivity index (χ4v) is 3.02. The molecule has 0 unspecified atom stereocenters. The number of furan rings is 1. The van der Waals surface area contributed by atoms with Crippen molar-refractivity contribution in [2.24, 2.45) is 0 Å². The van der Waals surface area contributed by atoms with Crippen molar-refractivity contribution in [2.45, 2.75) is 0 Å². The SMILES string of the molecule is N#Cc1c(-c2cc3ccccc3o2)cc(-c2cc(Cl)ccc2O)[nH]c1=O. The Balaban J connectivity index is 1.99. The predicted octanol–water partition coefficient (Wildman–Crippen LogP) is 4.69. The Morgan fingerprint density at radius 3 is 2.65 bits per heavy atom. The molecule has 4 aromatic rings. The zero-order chi connectivity index (χ0) is 18.3. The molecular formula is C20H11ClN2O3. The minimum atomic E-state index is -0.570. The van der Waals surface area contributed by atoms with Crippen molar-refractivity contribution >= 4 is 22.6 Å². The van der Waals surface area contributed by atoms with Gasteiger partial charge in [-0.15, -0.1) is 0 Å². The fraction of sp³-hybridized carbons (Fsp3) is 0. The number of phenols is 1. The molecule has 2 heterocycles. The molecule has 2 aromatic heterocycles. The molecule has 0 amide bonds. The van der Waals surface area contributed by atoms with Crippen LogP contribution in [-0.4, -0.2) is 10.1 Å². The predicted molar refractivity (Wildman–Crippen MR) is 99.1 cm³/mol. The summed E-state index contributed by atoms with van der Waals surface area (Å²) in [4.78, 5) is 15.0. The highest BCUT2D eigenvalue weighted by Crippen LogP contribution is 2.34. The summed E-state index contributed by atoms with van der Waals surface area (Å²) in [5, 5.41) is 20.8. The van der Waals surface area contributed by atoms with E-state index < -0.39 is 5.56 Å². The third-order valence-corrected chi connectivity index (χ3v) is 4.32. The van der Waals surface area contributed by atoms with Gasteiger partial charge in [0.25, 0.3) is 5.56 Å². The number of pyridine rings is 1. The third-order valence-electron chi connectivity index (χ3n) is 4.08. The molecule has 2 N–H and O–H groups in total. The minimum Gasteiger partial charge on any atom is -0.507 e. The number of aromatic nitrogens is 1. The Labute approximate surface area is 152 Å². The number of nitrogens with zero attached hydrogens (tertiary/aromatic N) is 1. The number of hydrogen-bond acceptors (Lipinski definition) is 4. The summed E-state index contributed by atoms with van der Waals surface area (Å²) < 4.78 is 5.80. The lowest BCUT2D eigenvalue weighted by molar-refractivity contribution is 0.477. The van der Waals surface area contributed by atoms with Gasteiger partial charge < -0.3 is 14.5 Å². The van der Waals surface area contributed by atoms with Gasteiger partial charge in [0.1, 0.15) is 28.7 Å². The van der Waals surface area contributed by atoms with Crippen LogP contribution in [-0.2, 0) is 0 Å². The molecule has 2 aromatic carbocycles. The molecule has 0 atom stereocenters. The monoisotopic (exact) mass is 362 g/mol. The first-order valence-electron chi connectivity index (χ1n) is 7.72. The van der Waals surface area contributed by atoms with Crippen LogP contribution >= 0.6 is 11.6 Å². The lowest BCUT2D eigenvalue weighted by atomic mass is 10.0. The number of nitriles is 1. The van der Waals surface area contributed by atoms with Crippen molar-refractivity contribution < 1.29 is 9.52 Å². The van der Waals surface area contributed by atoms with Gasteiger partial charge in [-0.3, -0.25) is 4.79 Å². The van der Waals surface area contributed by atoms with Gasteiger partial charge in [0, 0.05) is 21.5 Å². The smallest absolute Gasteiger partial charge is 0.267 e. The average molecular weight is 363 g/mol. The lowest BCUT2D eigenvalue weighted by Crippen LogP contribution is -2.12. The average Bonchev–Trinajstić information content (AvgIpc) is 3.07. The van der Waals surface area contributed by atoms with E-state index in [1.54, 1.807) is 18.2 Å². The van der Waals surface area contributed by atoms with Gasteiger partial charge in [-0.25, -0.2) is 0 Å². The number of aromatic hydroxyl groups is 1. The Morgan fingerprint density at radius 2 is 1.88 bits per heavy atom. The highest BCUT2D eigenvalue weighted by molar-refractivity contribution is 6.31. The Kier molecular flexibility index (Phi) is 3.76. The molecule has 6 heteroatoms. The van der Waals surface area contributed by atoms with E-state index in [0.29, 0.717) is 33.2 Å². The van der Waals surface area contributed by atoms with E-state index >= 15 is 0 Å². The molecule has 0 aliphatic rings. The highest BCUT2D eigenvalue weighted by Gasteiger charge is 2.17. The van der Waals surface area contributed by atoms with Crippen molar-refractivity contribution in [2.75, 3.05) is 0 Å². The first kappa shape index (κ1) is 16.0. The highest BCUT2D eigenvalue weighted by atomic mass is 35.5. The van der Waals surface area contributed by atoms with Gasteiger partial charge in [0.15, 0.2) is 0 Å². The van der Waals surface area contributed by atoms with Gasteiger partial charge >= 0.3 is 0 Å². The van der Waals surface area contributed by atoms with Gasteiger partial charge in [-0.1, -0.05) is 29.8 Å². The number of nitrogens with one attached hydrogen (secondary N) is 1. The summed E-state index contributed by atoms with van der Waals surface area (Å²) in [6.45, 7) is 0. The maximum Gasteiger partial charge on any atom is 0.267 e. The quantitative estimate of drug-likeness (QED) is 0.541. The second-order valence-corrected chi connectivity index (χ2v) is 6.16. The fourth-order valence-electron chi connectivity index (χ4n) is 2.85.